The third kappa shape index (κ3) is 19.2. The summed E-state index contributed by atoms with van der Waals surface area (Å²) in [4.78, 5) is 0. The van der Waals surface area contributed by atoms with Gasteiger partial charge in [-0.2, -0.15) is 3.71 Å². The van der Waals surface area contributed by atoms with Crippen molar-refractivity contribution in [1.82, 2.24) is 0 Å². The highest BCUT2D eigenvalue weighted by Gasteiger charge is 2.38. The number of anilines is 1. The summed E-state index contributed by atoms with van der Waals surface area (Å²) >= 11 is 0. The predicted molar refractivity (Wildman–Crippen MR) is 236 cm³/mol. The molecule has 0 aromatic heterocycles. The number of aromatic hydroxyl groups is 1. The van der Waals surface area contributed by atoms with Crippen molar-refractivity contribution in [3.05, 3.63) is 23.3 Å². The summed E-state index contributed by atoms with van der Waals surface area (Å²) in [6.45, 7) is 17.2. The van der Waals surface area contributed by atoms with Gasteiger partial charge in [-0.05, 0) is 48.6 Å². The summed E-state index contributed by atoms with van der Waals surface area (Å²) in [5.41, 5.74) is 0.501. The van der Waals surface area contributed by atoms with Crippen molar-refractivity contribution in [3.8, 4) is 5.75 Å². The molecular weight excluding hydrogens is 711 g/mol. The first-order valence-electron chi connectivity index (χ1n) is 22.7. The smallest absolute Gasteiger partial charge is 0.248 e. The molecule has 1 N–H and O–H groups in total. The molecule has 0 aliphatic rings. The third-order valence-electron chi connectivity index (χ3n) is 11.6. The van der Waals surface area contributed by atoms with Gasteiger partial charge in [0.2, 0.25) is 20.0 Å². The van der Waals surface area contributed by atoms with Crippen molar-refractivity contribution in [2.75, 3.05) is 15.2 Å². The van der Waals surface area contributed by atoms with Gasteiger partial charge in [0.05, 0.1) is 17.2 Å². The molecule has 0 bridgehead atoms. The minimum Gasteiger partial charge on any atom is -0.507 e. The summed E-state index contributed by atoms with van der Waals surface area (Å²) in [5.74, 6) is -0.223. The topological polar surface area (TPSA) is 91.8 Å². The fourth-order valence-corrected chi connectivity index (χ4v) is 12.0. The SMILES string of the molecule is CCCCCCCCCCCCS(=O)(=O)N(c1cc(C(C)(C)CCCCC)c(O)c(C(C)(C)CCCCC)c1)S(=O)(=O)CCCCCCCCCCCC. The van der Waals surface area contributed by atoms with E-state index in [2.05, 4.69) is 55.4 Å². The van der Waals surface area contributed by atoms with Gasteiger partial charge in [-0.1, -0.05) is 209 Å². The molecule has 0 atom stereocenters. The molecule has 1 aromatic carbocycles. The summed E-state index contributed by atoms with van der Waals surface area (Å²) in [5, 5.41) is 12.0. The van der Waals surface area contributed by atoms with Crippen LogP contribution >= 0.6 is 0 Å². The number of phenolic OH excluding ortho intramolecular Hbond substituents is 1. The lowest BCUT2D eigenvalue weighted by atomic mass is 9.73. The molecule has 54 heavy (non-hydrogen) atoms. The number of sulfonamides is 2. The first-order valence-corrected chi connectivity index (χ1v) is 26.0. The zero-order valence-corrected chi connectivity index (χ0v) is 38.3. The number of hydrogen-bond donors (Lipinski definition) is 1. The Labute approximate surface area is 336 Å². The molecule has 0 spiro atoms. The molecule has 0 heterocycles. The minimum absolute atomic E-state index is 0.170. The second-order valence-electron chi connectivity index (χ2n) is 17.8. The highest BCUT2D eigenvalue weighted by Crippen LogP contribution is 2.46. The molecule has 0 saturated heterocycles. The van der Waals surface area contributed by atoms with E-state index in [1.165, 1.54) is 64.2 Å². The Bertz CT molecular complexity index is 1240. The number of benzene rings is 1. The molecular formula is C46H87NO5S2. The quantitative estimate of drug-likeness (QED) is 0.0691. The number of hydrogen-bond acceptors (Lipinski definition) is 5. The lowest BCUT2D eigenvalue weighted by Gasteiger charge is -2.34. The second kappa shape index (κ2) is 27.4. The van der Waals surface area contributed by atoms with Crippen molar-refractivity contribution in [2.24, 2.45) is 0 Å². The van der Waals surface area contributed by atoms with E-state index < -0.39 is 30.9 Å². The summed E-state index contributed by atoms with van der Waals surface area (Å²) in [6, 6.07) is 3.39. The van der Waals surface area contributed by atoms with Gasteiger partial charge in [0, 0.05) is 11.1 Å². The van der Waals surface area contributed by atoms with Gasteiger partial charge < -0.3 is 5.11 Å². The maximum absolute atomic E-state index is 14.4. The number of nitrogens with zero attached hydrogens (tertiary/aromatic N) is 1. The van der Waals surface area contributed by atoms with Crippen molar-refractivity contribution >= 4 is 25.7 Å². The van der Waals surface area contributed by atoms with Crippen molar-refractivity contribution in [3.63, 3.8) is 0 Å². The molecule has 8 heteroatoms. The minimum atomic E-state index is -4.22. The number of phenols is 1. The van der Waals surface area contributed by atoms with Gasteiger partial charge in [-0.3, -0.25) is 0 Å². The van der Waals surface area contributed by atoms with Crippen LogP contribution in [0, 0.1) is 0 Å². The summed E-state index contributed by atoms with van der Waals surface area (Å²) < 4.78 is 58.4. The first kappa shape index (κ1) is 50.7. The van der Waals surface area contributed by atoms with Gasteiger partial charge in [0.1, 0.15) is 5.75 Å². The molecule has 0 fully saturated rings. The van der Waals surface area contributed by atoms with Gasteiger partial charge in [-0.15, -0.1) is 0 Å². The molecule has 0 aliphatic heterocycles. The first-order chi connectivity index (χ1) is 25.6. The number of rotatable bonds is 35. The van der Waals surface area contributed by atoms with Crippen LogP contribution in [0.1, 0.15) is 246 Å². The van der Waals surface area contributed by atoms with Crippen LogP contribution in [-0.4, -0.2) is 33.4 Å². The van der Waals surface area contributed by atoms with Crippen molar-refractivity contribution < 1.29 is 21.9 Å². The van der Waals surface area contributed by atoms with Gasteiger partial charge in [-0.25, -0.2) is 16.8 Å². The van der Waals surface area contributed by atoms with Crippen LogP contribution < -0.4 is 3.71 Å². The van der Waals surface area contributed by atoms with Crippen LogP contribution in [0.2, 0.25) is 0 Å². The normalized spacial score (nSPS) is 12.8. The highest BCUT2D eigenvalue weighted by molar-refractivity contribution is 8.10. The van der Waals surface area contributed by atoms with Gasteiger partial charge >= 0.3 is 0 Å². The Morgan fingerprint density at radius 2 is 0.704 bits per heavy atom. The van der Waals surface area contributed by atoms with Crippen LogP contribution in [0.4, 0.5) is 5.69 Å². The molecule has 1 rings (SSSR count). The molecule has 0 radical (unpaired) electrons. The van der Waals surface area contributed by atoms with E-state index >= 15 is 0 Å². The van der Waals surface area contributed by atoms with E-state index in [9.17, 15) is 21.9 Å². The lowest BCUT2D eigenvalue weighted by Crippen LogP contribution is -2.40. The Morgan fingerprint density at radius 1 is 0.444 bits per heavy atom. The Balaban J connectivity index is 3.47. The second-order valence-corrected chi connectivity index (χ2v) is 21.9. The monoisotopic (exact) mass is 798 g/mol. The standard InChI is InChI=1S/C46H87NO5S2/c1-9-13-17-19-21-23-25-27-29-33-37-53(49,50)47(54(51,52)38-34-30-28-26-24-22-20-18-14-10-2)41-39-42(45(5,6)35-31-15-11-3)44(48)43(40-41)46(7,8)36-32-16-12-4/h39-40,48H,9-38H2,1-8H3. The molecule has 0 unspecified atom stereocenters. The fraction of sp³-hybridized carbons (Fsp3) is 0.870. The van der Waals surface area contributed by atoms with E-state index in [1.54, 1.807) is 12.1 Å². The largest absolute Gasteiger partial charge is 0.507 e. The Hall–Kier alpha value is -1.28. The molecule has 318 valence electrons. The van der Waals surface area contributed by atoms with Crippen LogP contribution in [0.3, 0.4) is 0 Å². The van der Waals surface area contributed by atoms with Gasteiger partial charge in [0.15, 0.2) is 0 Å². The van der Waals surface area contributed by atoms with E-state index in [0.717, 1.165) is 106 Å². The lowest BCUT2D eigenvalue weighted by molar-refractivity contribution is 0.381. The van der Waals surface area contributed by atoms with E-state index in [-0.39, 0.29) is 22.9 Å². The van der Waals surface area contributed by atoms with Crippen LogP contribution in [0.5, 0.6) is 5.75 Å². The Morgan fingerprint density at radius 3 is 1.00 bits per heavy atom. The zero-order valence-electron chi connectivity index (χ0n) is 36.7. The maximum atomic E-state index is 14.4. The fourth-order valence-electron chi connectivity index (χ4n) is 7.86. The van der Waals surface area contributed by atoms with Crippen LogP contribution in [-0.2, 0) is 30.9 Å². The maximum Gasteiger partial charge on any atom is 0.248 e. The average Bonchev–Trinajstić information content (AvgIpc) is 3.10. The van der Waals surface area contributed by atoms with E-state index in [0.29, 0.717) is 24.0 Å². The molecule has 6 nitrogen and oxygen atoms in total. The molecule has 0 saturated carbocycles. The van der Waals surface area contributed by atoms with Crippen molar-refractivity contribution in [1.29, 1.82) is 0 Å². The van der Waals surface area contributed by atoms with Crippen LogP contribution in [0.15, 0.2) is 12.1 Å². The zero-order chi connectivity index (χ0) is 40.5. The average molecular weight is 798 g/mol. The summed E-state index contributed by atoms with van der Waals surface area (Å²) in [6.07, 6.45) is 29.2. The van der Waals surface area contributed by atoms with Crippen molar-refractivity contribution in [2.45, 2.75) is 246 Å². The van der Waals surface area contributed by atoms with Gasteiger partial charge in [0.25, 0.3) is 0 Å². The van der Waals surface area contributed by atoms with E-state index in [4.69, 9.17) is 0 Å². The van der Waals surface area contributed by atoms with E-state index in [1.807, 2.05) is 0 Å². The predicted octanol–water partition coefficient (Wildman–Crippen LogP) is 14.4. The third-order valence-corrected chi connectivity index (χ3v) is 16.0. The number of unbranched alkanes of at least 4 members (excludes halogenated alkanes) is 22. The highest BCUT2D eigenvalue weighted by atomic mass is 32.3. The summed E-state index contributed by atoms with van der Waals surface area (Å²) in [7, 11) is -8.44. The Kier molecular flexibility index (Phi) is 25.7. The van der Waals surface area contributed by atoms with Crippen LogP contribution in [0.25, 0.3) is 0 Å². The molecule has 0 aliphatic carbocycles. The molecule has 0 amide bonds. The molecule has 1 aromatic rings.